The Morgan fingerprint density at radius 3 is 2.33 bits per heavy atom. The standard InChI is InChI=1S/C11H12BrF4NO/c1-17-9(11(15,16)10(13)14)7-4-3-6(18-2)5-8(7)12/h3-5,9-10,17H,1-2H3. The minimum Gasteiger partial charge on any atom is -0.497 e. The molecule has 2 nitrogen and oxygen atoms in total. The van der Waals surface area contributed by atoms with E-state index in [1.807, 2.05) is 0 Å². The summed E-state index contributed by atoms with van der Waals surface area (Å²) in [6.07, 6.45) is -3.75. The van der Waals surface area contributed by atoms with E-state index in [0.717, 1.165) is 0 Å². The van der Waals surface area contributed by atoms with E-state index in [-0.39, 0.29) is 10.0 Å². The number of alkyl halides is 4. The quantitative estimate of drug-likeness (QED) is 0.833. The van der Waals surface area contributed by atoms with Crippen LogP contribution in [-0.2, 0) is 0 Å². The van der Waals surface area contributed by atoms with E-state index in [9.17, 15) is 17.6 Å². The van der Waals surface area contributed by atoms with Gasteiger partial charge in [-0.3, -0.25) is 0 Å². The number of methoxy groups -OCH3 is 1. The van der Waals surface area contributed by atoms with Gasteiger partial charge in [-0.15, -0.1) is 0 Å². The second-order valence-corrected chi connectivity index (χ2v) is 4.44. The van der Waals surface area contributed by atoms with Crippen LogP contribution in [-0.4, -0.2) is 26.5 Å². The molecule has 0 bridgehead atoms. The molecule has 0 heterocycles. The Balaban J connectivity index is 3.17. The molecule has 1 aromatic carbocycles. The van der Waals surface area contributed by atoms with Crippen LogP contribution in [0.15, 0.2) is 22.7 Å². The summed E-state index contributed by atoms with van der Waals surface area (Å²) in [6.45, 7) is 0. The summed E-state index contributed by atoms with van der Waals surface area (Å²) >= 11 is 3.07. The molecule has 0 spiro atoms. The first kappa shape index (κ1) is 15.2. The van der Waals surface area contributed by atoms with Crippen molar-refractivity contribution in [2.45, 2.75) is 18.4 Å². The molecule has 0 aliphatic rings. The van der Waals surface area contributed by atoms with Crippen LogP contribution in [0.2, 0.25) is 0 Å². The molecule has 1 atom stereocenters. The lowest BCUT2D eigenvalue weighted by Crippen LogP contribution is -2.41. The lowest BCUT2D eigenvalue weighted by molar-refractivity contribution is -0.150. The van der Waals surface area contributed by atoms with E-state index < -0.39 is 18.4 Å². The van der Waals surface area contributed by atoms with Crippen molar-refractivity contribution in [3.05, 3.63) is 28.2 Å². The normalized spacial score (nSPS) is 13.8. The molecule has 7 heteroatoms. The summed E-state index contributed by atoms with van der Waals surface area (Å²) in [4.78, 5) is 0. The Bertz CT molecular complexity index is 414. The molecule has 1 N–H and O–H groups in total. The van der Waals surface area contributed by atoms with E-state index in [4.69, 9.17) is 4.74 Å². The Morgan fingerprint density at radius 1 is 1.33 bits per heavy atom. The second kappa shape index (κ2) is 5.88. The van der Waals surface area contributed by atoms with Crippen LogP contribution in [0.25, 0.3) is 0 Å². The molecule has 1 rings (SSSR count). The summed E-state index contributed by atoms with van der Waals surface area (Å²) in [5, 5.41) is 2.22. The minimum atomic E-state index is -4.16. The minimum absolute atomic E-state index is 0.0450. The van der Waals surface area contributed by atoms with Gasteiger partial charge in [0.15, 0.2) is 0 Å². The van der Waals surface area contributed by atoms with E-state index in [2.05, 4.69) is 21.2 Å². The Morgan fingerprint density at radius 2 is 1.94 bits per heavy atom. The van der Waals surface area contributed by atoms with Crippen LogP contribution in [0, 0.1) is 0 Å². The fourth-order valence-corrected chi connectivity index (χ4v) is 2.14. The van der Waals surface area contributed by atoms with Crippen molar-refractivity contribution in [3.8, 4) is 5.75 Å². The van der Waals surface area contributed by atoms with E-state index in [0.29, 0.717) is 5.75 Å². The van der Waals surface area contributed by atoms with E-state index in [1.54, 1.807) is 0 Å². The van der Waals surface area contributed by atoms with Crippen LogP contribution in [0.5, 0.6) is 5.75 Å². The highest BCUT2D eigenvalue weighted by molar-refractivity contribution is 9.10. The molecule has 0 radical (unpaired) electrons. The zero-order chi connectivity index (χ0) is 13.9. The molecule has 0 aromatic heterocycles. The van der Waals surface area contributed by atoms with Crippen molar-refractivity contribution in [2.24, 2.45) is 0 Å². The fourth-order valence-electron chi connectivity index (χ4n) is 1.55. The zero-order valence-corrected chi connectivity index (χ0v) is 11.3. The van der Waals surface area contributed by atoms with Crippen molar-refractivity contribution < 1.29 is 22.3 Å². The number of ether oxygens (including phenoxy) is 1. The second-order valence-electron chi connectivity index (χ2n) is 3.58. The van der Waals surface area contributed by atoms with Gasteiger partial charge in [-0.05, 0) is 24.7 Å². The highest BCUT2D eigenvalue weighted by Gasteiger charge is 2.49. The van der Waals surface area contributed by atoms with Crippen molar-refractivity contribution in [3.63, 3.8) is 0 Å². The van der Waals surface area contributed by atoms with Gasteiger partial charge in [0, 0.05) is 4.47 Å². The number of hydrogen-bond acceptors (Lipinski definition) is 2. The smallest absolute Gasteiger partial charge is 0.326 e. The molecule has 0 fully saturated rings. The SMILES string of the molecule is CNC(c1ccc(OC)cc1Br)C(F)(F)C(F)F. The number of benzene rings is 1. The fraction of sp³-hybridized carbons (Fsp3) is 0.455. The van der Waals surface area contributed by atoms with Gasteiger partial charge in [0.05, 0.1) is 7.11 Å². The predicted molar refractivity (Wildman–Crippen MR) is 63.4 cm³/mol. The third kappa shape index (κ3) is 2.95. The largest absolute Gasteiger partial charge is 0.497 e. The van der Waals surface area contributed by atoms with Gasteiger partial charge in [0.1, 0.15) is 11.8 Å². The molecule has 0 saturated carbocycles. The summed E-state index contributed by atoms with van der Waals surface area (Å²) in [7, 11) is 2.63. The van der Waals surface area contributed by atoms with Gasteiger partial charge < -0.3 is 10.1 Å². The van der Waals surface area contributed by atoms with Gasteiger partial charge in [0.2, 0.25) is 0 Å². The molecular formula is C11H12BrF4NO. The van der Waals surface area contributed by atoms with E-state index >= 15 is 0 Å². The Labute approximate surface area is 110 Å². The van der Waals surface area contributed by atoms with E-state index in [1.165, 1.54) is 32.4 Å². The number of rotatable bonds is 5. The highest BCUT2D eigenvalue weighted by atomic mass is 79.9. The number of hydrogen-bond donors (Lipinski definition) is 1. The van der Waals surface area contributed by atoms with Gasteiger partial charge in [-0.2, -0.15) is 8.78 Å². The van der Waals surface area contributed by atoms with Crippen molar-refractivity contribution in [1.29, 1.82) is 0 Å². The first-order valence-electron chi connectivity index (χ1n) is 5.01. The Kier molecular flexibility index (Phi) is 4.98. The summed E-state index contributed by atoms with van der Waals surface area (Å²) in [5.41, 5.74) is 0.0450. The molecule has 0 saturated heterocycles. The number of nitrogens with one attached hydrogen (secondary N) is 1. The molecule has 0 aliphatic heterocycles. The summed E-state index contributed by atoms with van der Waals surface area (Å²) in [6, 6.07) is 2.42. The van der Waals surface area contributed by atoms with Crippen molar-refractivity contribution in [2.75, 3.05) is 14.2 Å². The maximum absolute atomic E-state index is 13.4. The maximum atomic E-state index is 13.4. The topological polar surface area (TPSA) is 21.3 Å². The molecule has 102 valence electrons. The van der Waals surface area contributed by atoms with Crippen molar-refractivity contribution in [1.82, 2.24) is 5.32 Å². The van der Waals surface area contributed by atoms with Gasteiger partial charge in [-0.25, -0.2) is 8.78 Å². The van der Waals surface area contributed by atoms with Crippen LogP contribution in [0.4, 0.5) is 17.6 Å². The van der Waals surface area contributed by atoms with Crippen molar-refractivity contribution >= 4 is 15.9 Å². The van der Waals surface area contributed by atoms with Crippen LogP contribution < -0.4 is 10.1 Å². The van der Waals surface area contributed by atoms with Gasteiger partial charge >= 0.3 is 12.3 Å². The third-order valence-electron chi connectivity index (χ3n) is 2.48. The van der Waals surface area contributed by atoms with Crippen LogP contribution >= 0.6 is 15.9 Å². The zero-order valence-electron chi connectivity index (χ0n) is 9.68. The molecule has 0 amide bonds. The highest BCUT2D eigenvalue weighted by Crippen LogP contribution is 2.39. The average Bonchev–Trinajstić information content (AvgIpc) is 2.31. The van der Waals surface area contributed by atoms with Crippen LogP contribution in [0.1, 0.15) is 11.6 Å². The molecular weight excluding hydrogens is 318 g/mol. The molecule has 0 aliphatic carbocycles. The first-order chi connectivity index (χ1) is 8.34. The summed E-state index contributed by atoms with van der Waals surface area (Å²) < 4.78 is 56.7. The lowest BCUT2D eigenvalue weighted by Gasteiger charge is -2.27. The Hall–Kier alpha value is -0.820. The molecule has 1 aromatic rings. The average molecular weight is 330 g/mol. The van der Waals surface area contributed by atoms with Gasteiger partial charge in [-0.1, -0.05) is 22.0 Å². The predicted octanol–water partition coefficient (Wildman–Crippen LogP) is 3.62. The summed E-state index contributed by atoms with van der Waals surface area (Å²) in [5.74, 6) is -3.72. The lowest BCUT2D eigenvalue weighted by atomic mass is 10.0. The van der Waals surface area contributed by atoms with Crippen LogP contribution in [0.3, 0.4) is 0 Å². The van der Waals surface area contributed by atoms with Gasteiger partial charge in [0.25, 0.3) is 0 Å². The monoisotopic (exact) mass is 329 g/mol. The maximum Gasteiger partial charge on any atom is 0.326 e. The number of halogens is 5. The molecule has 1 unspecified atom stereocenters. The molecule has 18 heavy (non-hydrogen) atoms. The first-order valence-corrected chi connectivity index (χ1v) is 5.80. The third-order valence-corrected chi connectivity index (χ3v) is 3.17.